The monoisotopic (exact) mass is 643 g/mol. The van der Waals surface area contributed by atoms with Gasteiger partial charge in [-0.3, -0.25) is 4.79 Å². The second-order valence-electron chi connectivity index (χ2n) is 13.8. The number of carbonyl (C=O) groups is 1. The Kier molecular flexibility index (Phi) is 6.12. The molecule has 2 heterocycles. The third kappa shape index (κ3) is 4.18. The van der Waals surface area contributed by atoms with Gasteiger partial charge in [0, 0.05) is 69.0 Å². The molecule has 4 heteroatoms. The number of allylic oxidation sites excluding steroid dienone is 1. The standard InChI is InChI=1S/C43H33NOS2/c1-42(2)34-16-10-8-15-31(34)40(45)36(42)24-29-25-37-41(46-29)32-20-18-28(23-35(32)43(37,3)4)44(26-12-6-5-7-13-26)27-19-21-39-33(22-27)30-14-9-11-17-38(30)47-39/h5-25H,1-4H3/b36-24+. The van der Waals surface area contributed by atoms with E-state index in [1.54, 1.807) is 11.3 Å². The van der Waals surface area contributed by atoms with Gasteiger partial charge in [-0.2, -0.15) is 0 Å². The molecule has 2 nitrogen and oxygen atoms in total. The molecule has 0 radical (unpaired) electrons. The smallest absolute Gasteiger partial charge is 0.190 e. The van der Waals surface area contributed by atoms with E-state index in [4.69, 9.17) is 0 Å². The SMILES string of the molecule is CC1(C)/C(=C/c2cc3c(s2)-c2ccc(N(c4ccccc4)c4ccc5sc6ccccc6c5c4)cc2C3(C)C)C(=O)c2ccccc21. The molecule has 5 aromatic carbocycles. The van der Waals surface area contributed by atoms with E-state index >= 15 is 0 Å². The highest BCUT2D eigenvalue weighted by Crippen LogP contribution is 2.55. The van der Waals surface area contributed by atoms with Crippen molar-refractivity contribution in [3.8, 4) is 10.4 Å². The lowest BCUT2D eigenvalue weighted by Crippen LogP contribution is -2.17. The minimum Gasteiger partial charge on any atom is -0.310 e. The van der Waals surface area contributed by atoms with Crippen LogP contribution in [0.3, 0.4) is 0 Å². The number of para-hydroxylation sites is 1. The topological polar surface area (TPSA) is 20.3 Å². The van der Waals surface area contributed by atoms with Crippen LogP contribution in [0.15, 0.2) is 127 Å². The summed E-state index contributed by atoms with van der Waals surface area (Å²) in [5.74, 6) is 0.151. The van der Waals surface area contributed by atoms with Crippen LogP contribution in [-0.4, -0.2) is 5.78 Å². The van der Waals surface area contributed by atoms with E-state index in [0.717, 1.165) is 38.6 Å². The van der Waals surface area contributed by atoms with Crippen molar-refractivity contribution in [3.05, 3.63) is 154 Å². The van der Waals surface area contributed by atoms with E-state index in [0.29, 0.717) is 0 Å². The molecule has 0 atom stereocenters. The van der Waals surface area contributed by atoms with Crippen molar-refractivity contribution < 1.29 is 4.79 Å². The Labute approximate surface area is 283 Å². The van der Waals surface area contributed by atoms with Gasteiger partial charge in [-0.05, 0) is 82.9 Å². The molecule has 0 amide bonds. The number of ketones is 1. The zero-order chi connectivity index (χ0) is 32.1. The molecule has 2 aromatic heterocycles. The third-order valence-corrected chi connectivity index (χ3v) is 12.6. The first kappa shape index (κ1) is 28.5. The van der Waals surface area contributed by atoms with Crippen molar-refractivity contribution in [3.63, 3.8) is 0 Å². The van der Waals surface area contributed by atoms with Crippen LogP contribution in [0.2, 0.25) is 0 Å². The molecule has 7 aromatic rings. The molecule has 2 aliphatic carbocycles. The van der Waals surface area contributed by atoms with Gasteiger partial charge in [0.1, 0.15) is 0 Å². The van der Waals surface area contributed by atoms with Crippen molar-refractivity contribution in [1.82, 2.24) is 0 Å². The number of hydrogen-bond acceptors (Lipinski definition) is 4. The Morgan fingerprint density at radius 3 is 2.09 bits per heavy atom. The summed E-state index contributed by atoms with van der Waals surface area (Å²) in [5, 5.41) is 2.60. The predicted octanol–water partition coefficient (Wildman–Crippen LogP) is 12.4. The molecule has 0 saturated heterocycles. The molecular weight excluding hydrogens is 611 g/mol. The summed E-state index contributed by atoms with van der Waals surface area (Å²) < 4.78 is 2.62. The number of thiophene rings is 2. The Balaban J connectivity index is 1.14. The number of benzene rings is 5. The first-order chi connectivity index (χ1) is 22.7. The number of hydrogen-bond donors (Lipinski definition) is 0. The van der Waals surface area contributed by atoms with Crippen LogP contribution in [0.25, 0.3) is 36.7 Å². The highest BCUT2D eigenvalue weighted by Gasteiger charge is 2.42. The fourth-order valence-corrected chi connectivity index (χ4v) is 10.1. The van der Waals surface area contributed by atoms with E-state index in [2.05, 4.69) is 142 Å². The Morgan fingerprint density at radius 1 is 0.553 bits per heavy atom. The van der Waals surface area contributed by atoms with Crippen LogP contribution >= 0.6 is 22.7 Å². The lowest BCUT2D eigenvalue weighted by Gasteiger charge is -2.28. The minimum atomic E-state index is -0.316. The Morgan fingerprint density at radius 2 is 1.26 bits per heavy atom. The summed E-state index contributed by atoms with van der Waals surface area (Å²) >= 11 is 3.66. The van der Waals surface area contributed by atoms with Crippen LogP contribution < -0.4 is 4.90 Å². The Bertz CT molecular complexity index is 2440. The molecule has 0 N–H and O–H groups in total. The maximum absolute atomic E-state index is 13.5. The number of anilines is 3. The van der Waals surface area contributed by atoms with Crippen molar-refractivity contribution >= 4 is 71.8 Å². The van der Waals surface area contributed by atoms with Gasteiger partial charge in [0.25, 0.3) is 0 Å². The van der Waals surface area contributed by atoms with Gasteiger partial charge >= 0.3 is 0 Å². The summed E-state index contributed by atoms with van der Waals surface area (Å²) in [6, 6.07) is 43.6. The average Bonchev–Trinajstić information content (AvgIpc) is 3.78. The van der Waals surface area contributed by atoms with Gasteiger partial charge in [0.05, 0.1) is 0 Å². The number of nitrogens with zero attached hydrogens (tertiary/aromatic N) is 1. The molecule has 0 unspecified atom stereocenters. The van der Waals surface area contributed by atoms with Crippen LogP contribution in [-0.2, 0) is 10.8 Å². The largest absolute Gasteiger partial charge is 0.310 e. The summed E-state index contributed by atoms with van der Waals surface area (Å²) in [6.07, 6.45) is 2.15. The zero-order valence-electron chi connectivity index (χ0n) is 26.8. The normalized spacial score (nSPS) is 16.5. The Hall–Kier alpha value is -4.77. The summed E-state index contributed by atoms with van der Waals surface area (Å²) in [4.78, 5) is 18.3. The average molecular weight is 644 g/mol. The second-order valence-corrected chi connectivity index (χ2v) is 15.9. The lowest BCUT2D eigenvalue weighted by atomic mass is 9.81. The number of carbonyl (C=O) groups excluding carboxylic acids is 1. The summed E-state index contributed by atoms with van der Waals surface area (Å²) in [7, 11) is 0. The van der Waals surface area contributed by atoms with Crippen molar-refractivity contribution in [1.29, 1.82) is 0 Å². The van der Waals surface area contributed by atoms with Crippen LogP contribution in [0, 0.1) is 0 Å². The van der Waals surface area contributed by atoms with Crippen molar-refractivity contribution in [2.75, 3.05) is 4.90 Å². The maximum atomic E-state index is 13.5. The second kappa shape index (κ2) is 10.1. The van der Waals surface area contributed by atoms with Crippen molar-refractivity contribution in [2.24, 2.45) is 0 Å². The molecule has 0 bridgehead atoms. The van der Waals surface area contributed by atoms with Crippen LogP contribution in [0.1, 0.15) is 59.6 Å². The molecule has 0 saturated carbocycles. The molecule has 0 fully saturated rings. The minimum absolute atomic E-state index is 0.151. The number of fused-ring (bicyclic) bond motifs is 7. The summed E-state index contributed by atoms with van der Waals surface area (Å²) in [6.45, 7) is 9.01. The van der Waals surface area contributed by atoms with E-state index in [1.807, 2.05) is 29.5 Å². The van der Waals surface area contributed by atoms with Crippen LogP contribution in [0.5, 0.6) is 0 Å². The molecule has 0 spiro atoms. The maximum Gasteiger partial charge on any atom is 0.190 e. The van der Waals surface area contributed by atoms with Crippen LogP contribution in [0.4, 0.5) is 17.1 Å². The molecule has 0 aliphatic heterocycles. The van der Waals surface area contributed by atoms with E-state index in [-0.39, 0.29) is 16.6 Å². The highest BCUT2D eigenvalue weighted by atomic mass is 32.1. The first-order valence-corrected chi connectivity index (χ1v) is 17.8. The van der Waals surface area contributed by atoms with Gasteiger partial charge in [0.2, 0.25) is 0 Å². The zero-order valence-corrected chi connectivity index (χ0v) is 28.4. The van der Waals surface area contributed by atoms with Gasteiger partial charge in [-0.1, -0.05) is 94.4 Å². The van der Waals surface area contributed by atoms with E-state index in [1.165, 1.54) is 41.7 Å². The first-order valence-electron chi connectivity index (χ1n) is 16.1. The van der Waals surface area contributed by atoms with Gasteiger partial charge in [-0.25, -0.2) is 0 Å². The molecule has 2 aliphatic rings. The molecule has 9 rings (SSSR count). The number of rotatable bonds is 4. The van der Waals surface area contributed by atoms with E-state index < -0.39 is 0 Å². The fourth-order valence-electron chi connectivity index (χ4n) is 7.74. The predicted molar refractivity (Wildman–Crippen MR) is 201 cm³/mol. The quantitative estimate of drug-likeness (QED) is 0.178. The van der Waals surface area contributed by atoms with Gasteiger partial charge in [0.15, 0.2) is 5.78 Å². The van der Waals surface area contributed by atoms with Gasteiger partial charge < -0.3 is 4.90 Å². The number of Topliss-reactive ketones (excluding diaryl/α,β-unsaturated/α-hetero) is 1. The highest BCUT2D eigenvalue weighted by molar-refractivity contribution is 7.25. The lowest BCUT2D eigenvalue weighted by molar-refractivity contribution is 0.103. The molecule has 47 heavy (non-hydrogen) atoms. The summed E-state index contributed by atoms with van der Waals surface area (Å²) in [5.41, 5.74) is 9.72. The molecule has 228 valence electrons. The fraction of sp³-hybridized carbons (Fsp3) is 0.140. The molecular formula is C43H33NOS2. The van der Waals surface area contributed by atoms with Gasteiger partial charge in [-0.15, -0.1) is 22.7 Å². The van der Waals surface area contributed by atoms with E-state index in [9.17, 15) is 4.79 Å². The van der Waals surface area contributed by atoms with Crippen molar-refractivity contribution in [2.45, 2.75) is 38.5 Å². The third-order valence-electron chi connectivity index (χ3n) is 10.3.